The summed E-state index contributed by atoms with van der Waals surface area (Å²) in [7, 11) is 0. The summed E-state index contributed by atoms with van der Waals surface area (Å²) in [5.74, 6) is 0. The topological polar surface area (TPSA) is 38.7 Å². The number of aliphatic hydroxyl groups is 1. The third kappa shape index (κ3) is 2.10. The van der Waals surface area contributed by atoms with Crippen LogP contribution in [0.2, 0.25) is 0 Å². The van der Waals surface area contributed by atoms with E-state index < -0.39 is 0 Å². The predicted molar refractivity (Wildman–Crippen MR) is 36.5 cm³/mol. The van der Waals surface area contributed by atoms with E-state index >= 15 is 0 Å². The van der Waals surface area contributed by atoms with Crippen LogP contribution in [0.1, 0.15) is 6.92 Å². The average molecular weight is 144 g/mol. The summed E-state index contributed by atoms with van der Waals surface area (Å²) < 4.78 is 10.4. The van der Waals surface area contributed by atoms with Crippen molar-refractivity contribution in [3.63, 3.8) is 0 Å². The van der Waals surface area contributed by atoms with Gasteiger partial charge in [0, 0.05) is 0 Å². The molecule has 1 aliphatic heterocycles. The van der Waals surface area contributed by atoms with Crippen molar-refractivity contribution in [1.29, 1.82) is 0 Å². The Morgan fingerprint density at radius 1 is 1.70 bits per heavy atom. The molecule has 1 saturated heterocycles. The van der Waals surface area contributed by atoms with E-state index in [1.165, 1.54) is 0 Å². The molecule has 3 heteroatoms. The highest BCUT2D eigenvalue weighted by Crippen LogP contribution is 2.10. The minimum atomic E-state index is -0.103. The SMILES string of the molecule is CC1OCC(/C=C/CO)O1. The maximum absolute atomic E-state index is 8.41. The Balaban J connectivity index is 2.24. The lowest BCUT2D eigenvalue weighted by Gasteiger charge is -2.00. The zero-order valence-corrected chi connectivity index (χ0v) is 5.99. The van der Waals surface area contributed by atoms with Gasteiger partial charge in [-0.1, -0.05) is 12.2 Å². The number of rotatable bonds is 2. The van der Waals surface area contributed by atoms with Crippen molar-refractivity contribution in [2.24, 2.45) is 0 Å². The van der Waals surface area contributed by atoms with E-state index in [-0.39, 0.29) is 19.0 Å². The summed E-state index contributed by atoms with van der Waals surface area (Å²) in [6, 6.07) is 0. The average Bonchev–Trinajstić information content (AvgIpc) is 2.31. The highest BCUT2D eigenvalue weighted by Gasteiger charge is 2.18. The normalized spacial score (nSPS) is 33.8. The van der Waals surface area contributed by atoms with Crippen LogP contribution in [-0.2, 0) is 9.47 Å². The molecular formula is C7H12O3. The van der Waals surface area contributed by atoms with E-state index in [0.29, 0.717) is 6.61 Å². The number of aliphatic hydroxyl groups excluding tert-OH is 1. The van der Waals surface area contributed by atoms with Crippen LogP contribution in [0.15, 0.2) is 12.2 Å². The Morgan fingerprint density at radius 3 is 3.00 bits per heavy atom. The lowest BCUT2D eigenvalue weighted by atomic mass is 10.3. The van der Waals surface area contributed by atoms with Gasteiger partial charge >= 0.3 is 0 Å². The summed E-state index contributed by atoms with van der Waals surface area (Å²) in [6.07, 6.45) is 3.39. The van der Waals surface area contributed by atoms with Crippen LogP contribution >= 0.6 is 0 Å². The molecule has 0 aromatic heterocycles. The molecule has 0 saturated carbocycles. The smallest absolute Gasteiger partial charge is 0.155 e. The molecule has 2 atom stereocenters. The van der Waals surface area contributed by atoms with Gasteiger partial charge in [-0.2, -0.15) is 0 Å². The molecule has 2 unspecified atom stereocenters. The zero-order chi connectivity index (χ0) is 7.40. The van der Waals surface area contributed by atoms with Crippen LogP contribution in [0.25, 0.3) is 0 Å². The maximum Gasteiger partial charge on any atom is 0.155 e. The van der Waals surface area contributed by atoms with Crippen molar-refractivity contribution < 1.29 is 14.6 Å². The van der Waals surface area contributed by atoms with Gasteiger partial charge in [0.15, 0.2) is 6.29 Å². The fourth-order valence-electron chi connectivity index (χ4n) is 0.869. The lowest BCUT2D eigenvalue weighted by Crippen LogP contribution is -2.06. The second kappa shape index (κ2) is 3.71. The molecule has 0 amide bonds. The first-order chi connectivity index (χ1) is 4.83. The highest BCUT2D eigenvalue weighted by atomic mass is 16.7. The molecule has 3 nitrogen and oxygen atoms in total. The van der Waals surface area contributed by atoms with Gasteiger partial charge in [0.1, 0.15) is 6.10 Å². The van der Waals surface area contributed by atoms with Crippen LogP contribution < -0.4 is 0 Å². The van der Waals surface area contributed by atoms with Crippen molar-refractivity contribution in [3.05, 3.63) is 12.2 Å². The van der Waals surface area contributed by atoms with E-state index in [0.717, 1.165) is 0 Å². The summed E-state index contributed by atoms with van der Waals surface area (Å²) in [5.41, 5.74) is 0. The molecule has 0 aromatic carbocycles. The standard InChI is InChI=1S/C7H12O3/c1-6-9-5-7(10-6)3-2-4-8/h2-3,6-8H,4-5H2,1H3/b3-2+. The molecule has 0 bridgehead atoms. The molecule has 0 aromatic rings. The first-order valence-corrected chi connectivity index (χ1v) is 3.37. The van der Waals surface area contributed by atoms with E-state index in [1.807, 2.05) is 13.0 Å². The Bertz CT molecular complexity index is 122. The van der Waals surface area contributed by atoms with Crippen molar-refractivity contribution in [2.45, 2.75) is 19.3 Å². The first-order valence-electron chi connectivity index (χ1n) is 3.37. The van der Waals surface area contributed by atoms with Gasteiger partial charge in [0.2, 0.25) is 0 Å². The maximum atomic E-state index is 8.41. The number of hydrogen-bond donors (Lipinski definition) is 1. The Morgan fingerprint density at radius 2 is 2.50 bits per heavy atom. The van der Waals surface area contributed by atoms with Crippen LogP contribution in [0.4, 0.5) is 0 Å². The van der Waals surface area contributed by atoms with Crippen LogP contribution in [0.5, 0.6) is 0 Å². The fourth-order valence-corrected chi connectivity index (χ4v) is 0.869. The zero-order valence-electron chi connectivity index (χ0n) is 5.99. The molecule has 0 spiro atoms. The van der Waals surface area contributed by atoms with Gasteiger partial charge in [0.05, 0.1) is 13.2 Å². The molecule has 10 heavy (non-hydrogen) atoms. The largest absolute Gasteiger partial charge is 0.392 e. The van der Waals surface area contributed by atoms with Crippen LogP contribution in [-0.4, -0.2) is 30.7 Å². The summed E-state index contributed by atoms with van der Waals surface area (Å²) in [6.45, 7) is 2.51. The molecule has 1 aliphatic rings. The van der Waals surface area contributed by atoms with Crippen LogP contribution in [0.3, 0.4) is 0 Å². The molecule has 1 heterocycles. The quantitative estimate of drug-likeness (QED) is 0.566. The Hall–Kier alpha value is -0.380. The minimum absolute atomic E-state index is 0.0298. The van der Waals surface area contributed by atoms with E-state index in [2.05, 4.69) is 0 Å². The van der Waals surface area contributed by atoms with Gasteiger partial charge in [-0.25, -0.2) is 0 Å². The van der Waals surface area contributed by atoms with Gasteiger partial charge in [-0.15, -0.1) is 0 Å². The van der Waals surface area contributed by atoms with Crippen molar-refractivity contribution >= 4 is 0 Å². The number of ether oxygens (including phenoxy) is 2. The molecule has 0 aliphatic carbocycles. The van der Waals surface area contributed by atoms with Crippen LogP contribution in [0, 0.1) is 0 Å². The Labute approximate surface area is 60.3 Å². The second-order valence-electron chi connectivity index (χ2n) is 2.19. The minimum Gasteiger partial charge on any atom is -0.392 e. The van der Waals surface area contributed by atoms with Crippen molar-refractivity contribution in [3.8, 4) is 0 Å². The molecule has 1 N–H and O–H groups in total. The molecule has 1 rings (SSSR count). The number of hydrogen-bond acceptors (Lipinski definition) is 3. The highest BCUT2D eigenvalue weighted by molar-refractivity contribution is 4.90. The fraction of sp³-hybridized carbons (Fsp3) is 0.714. The lowest BCUT2D eigenvalue weighted by molar-refractivity contribution is -0.0349. The first kappa shape index (κ1) is 7.72. The molecular weight excluding hydrogens is 132 g/mol. The Kier molecular flexibility index (Phi) is 2.86. The molecule has 0 radical (unpaired) electrons. The molecule has 58 valence electrons. The second-order valence-corrected chi connectivity index (χ2v) is 2.19. The third-order valence-corrected chi connectivity index (χ3v) is 1.32. The van der Waals surface area contributed by atoms with Crippen molar-refractivity contribution in [1.82, 2.24) is 0 Å². The van der Waals surface area contributed by atoms with Crippen molar-refractivity contribution in [2.75, 3.05) is 13.2 Å². The summed E-state index contributed by atoms with van der Waals surface area (Å²) >= 11 is 0. The van der Waals surface area contributed by atoms with Gasteiger partial charge in [-0.3, -0.25) is 0 Å². The van der Waals surface area contributed by atoms with E-state index in [9.17, 15) is 0 Å². The van der Waals surface area contributed by atoms with Gasteiger partial charge < -0.3 is 14.6 Å². The summed E-state index contributed by atoms with van der Waals surface area (Å²) in [4.78, 5) is 0. The summed E-state index contributed by atoms with van der Waals surface area (Å²) in [5, 5.41) is 8.41. The third-order valence-electron chi connectivity index (χ3n) is 1.32. The molecule has 1 fully saturated rings. The van der Waals surface area contributed by atoms with Gasteiger partial charge in [0.25, 0.3) is 0 Å². The van der Waals surface area contributed by atoms with E-state index in [1.54, 1.807) is 6.08 Å². The van der Waals surface area contributed by atoms with E-state index in [4.69, 9.17) is 14.6 Å². The van der Waals surface area contributed by atoms with Gasteiger partial charge in [-0.05, 0) is 6.92 Å². The predicted octanol–water partition coefficient (Wildman–Crippen LogP) is 0.296. The monoisotopic (exact) mass is 144 g/mol.